The molecule has 1 unspecified atom stereocenters. The molecular formula is C52H100O6. The zero-order valence-electron chi connectivity index (χ0n) is 39.5. The standard InChI is InChI=1S/C52H100O6/c1-5-8-10-12-14-16-18-24-28-31-35-39-43-50(53)56-46-49(58-52(55)45-41-37-33-27-17-15-13-11-9-6-2)47-57-51(54)44-40-36-32-29-25-22-20-19-21-23-26-30-34-38-42-48(4)7-3/h48-49H,5-47H2,1-4H3/t48?,49-/m0/s1. The maximum absolute atomic E-state index is 12.7. The zero-order valence-corrected chi connectivity index (χ0v) is 39.5. The molecule has 0 aromatic heterocycles. The number of hydrogen-bond donors (Lipinski definition) is 0. The maximum Gasteiger partial charge on any atom is 0.306 e. The fraction of sp³-hybridized carbons (Fsp3) is 0.942. The van der Waals surface area contributed by atoms with Crippen molar-refractivity contribution in [1.82, 2.24) is 0 Å². The van der Waals surface area contributed by atoms with Crippen LogP contribution in [0.1, 0.15) is 291 Å². The molecule has 0 aromatic rings. The van der Waals surface area contributed by atoms with Crippen LogP contribution < -0.4 is 0 Å². The molecule has 0 rings (SSSR count). The fourth-order valence-corrected chi connectivity index (χ4v) is 7.83. The van der Waals surface area contributed by atoms with Gasteiger partial charge in [0.1, 0.15) is 13.2 Å². The van der Waals surface area contributed by atoms with E-state index in [-0.39, 0.29) is 31.1 Å². The molecule has 0 aliphatic carbocycles. The van der Waals surface area contributed by atoms with Gasteiger partial charge in [-0.15, -0.1) is 0 Å². The van der Waals surface area contributed by atoms with E-state index in [1.165, 1.54) is 186 Å². The minimum atomic E-state index is -0.759. The van der Waals surface area contributed by atoms with Crippen molar-refractivity contribution in [3.05, 3.63) is 0 Å². The third-order valence-electron chi connectivity index (χ3n) is 12.2. The van der Waals surface area contributed by atoms with E-state index in [0.717, 1.165) is 63.7 Å². The predicted octanol–water partition coefficient (Wildman–Crippen LogP) is 16.7. The molecule has 344 valence electrons. The van der Waals surface area contributed by atoms with Crippen molar-refractivity contribution in [2.24, 2.45) is 5.92 Å². The van der Waals surface area contributed by atoms with Crippen LogP contribution in [-0.4, -0.2) is 37.2 Å². The van der Waals surface area contributed by atoms with Gasteiger partial charge in [0.15, 0.2) is 6.10 Å². The average Bonchev–Trinajstić information content (AvgIpc) is 3.22. The van der Waals surface area contributed by atoms with Crippen LogP contribution in [0.5, 0.6) is 0 Å². The molecule has 0 fully saturated rings. The van der Waals surface area contributed by atoms with Gasteiger partial charge in [-0.3, -0.25) is 14.4 Å². The van der Waals surface area contributed by atoms with Crippen molar-refractivity contribution in [2.75, 3.05) is 13.2 Å². The van der Waals surface area contributed by atoms with Crippen molar-refractivity contribution in [2.45, 2.75) is 297 Å². The van der Waals surface area contributed by atoms with Crippen LogP contribution in [0.25, 0.3) is 0 Å². The van der Waals surface area contributed by atoms with E-state index in [1.54, 1.807) is 0 Å². The first-order valence-corrected chi connectivity index (χ1v) is 25.9. The first-order chi connectivity index (χ1) is 28.4. The Balaban J connectivity index is 4.24. The Morgan fingerprint density at radius 3 is 0.897 bits per heavy atom. The lowest BCUT2D eigenvalue weighted by Gasteiger charge is -2.18. The highest BCUT2D eigenvalue weighted by Crippen LogP contribution is 2.18. The second-order valence-corrected chi connectivity index (χ2v) is 18.1. The minimum absolute atomic E-state index is 0.0628. The zero-order chi connectivity index (χ0) is 42.4. The van der Waals surface area contributed by atoms with Gasteiger partial charge in [-0.05, 0) is 25.2 Å². The van der Waals surface area contributed by atoms with Crippen molar-refractivity contribution in [3.63, 3.8) is 0 Å². The van der Waals surface area contributed by atoms with E-state index in [1.807, 2.05) is 0 Å². The van der Waals surface area contributed by atoms with Gasteiger partial charge in [0.25, 0.3) is 0 Å². The Bertz CT molecular complexity index is 874. The summed E-state index contributed by atoms with van der Waals surface area (Å²) in [6.07, 6.45) is 47.9. The molecule has 0 spiro atoms. The summed E-state index contributed by atoms with van der Waals surface area (Å²) in [6.45, 7) is 9.05. The summed E-state index contributed by atoms with van der Waals surface area (Å²) in [5.41, 5.74) is 0. The average molecular weight is 821 g/mol. The van der Waals surface area contributed by atoms with E-state index < -0.39 is 6.10 Å². The summed E-state index contributed by atoms with van der Waals surface area (Å²) in [6, 6.07) is 0. The van der Waals surface area contributed by atoms with Crippen LogP contribution in [0.2, 0.25) is 0 Å². The van der Waals surface area contributed by atoms with Gasteiger partial charge in [0, 0.05) is 19.3 Å². The lowest BCUT2D eigenvalue weighted by atomic mass is 9.99. The predicted molar refractivity (Wildman–Crippen MR) is 247 cm³/mol. The topological polar surface area (TPSA) is 78.9 Å². The van der Waals surface area contributed by atoms with Crippen LogP contribution in [0.4, 0.5) is 0 Å². The molecule has 0 heterocycles. The largest absolute Gasteiger partial charge is 0.462 e. The lowest BCUT2D eigenvalue weighted by molar-refractivity contribution is -0.167. The van der Waals surface area contributed by atoms with Crippen LogP contribution in [-0.2, 0) is 28.6 Å². The second kappa shape index (κ2) is 46.5. The van der Waals surface area contributed by atoms with Gasteiger partial charge in [-0.2, -0.15) is 0 Å². The van der Waals surface area contributed by atoms with Crippen LogP contribution >= 0.6 is 0 Å². The van der Waals surface area contributed by atoms with Gasteiger partial charge in [0.05, 0.1) is 0 Å². The molecule has 0 bridgehead atoms. The molecular weight excluding hydrogens is 721 g/mol. The maximum atomic E-state index is 12.7. The van der Waals surface area contributed by atoms with Gasteiger partial charge in [-0.1, -0.05) is 252 Å². The second-order valence-electron chi connectivity index (χ2n) is 18.1. The quantitative estimate of drug-likeness (QED) is 0.0346. The molecule has 2 atom stereocenters. The van der Waals surface area contributed by atoms with Gasteiger partial charge < -0.3 is 14.2 Å². The van der Waals surface area contributed by atoms with E-state index in [4.69, 9.17) is 14.2 Å². The van der Waals surface area contributed by atoms with Gasteiger partial charge >= 0.3 is 17.9 Å². The Labute approximate surface area is 361 Å². The molecule has 58 heavy (non-hydrogen) atoms. The smallest absolute Gasteiger partial charge is 0.306 e. The molecule has 0 amide bonds. The summed E-state index contributed by atoms with van der Waals surface area (Å²) in [7, 11) is 0. The highest BCUT2D eigenvalue weighted by molar-refractivity contribution is 5.71. The Morgan fingerprint density at radius 2 is 0.603 bits per heavy atom. The van der Waals surface area contributed by atoms with Crippen LogP contribution in [0.3, 0.4) is 0 Å². The third kappa shape index (κ3) is 44.0. The summed E-state index contributed by atoms with van der Waals surface area (Å²) in [5.74, 6) is 0.0498. The summed E-state index contributed by atoms with van der Waals surface area (Å²) in [4.78, 5) is 37.9. The highest BCUT2D eigenvalue weighted by atomic mass is 16.6. The number of hydrogen-bond acceptors (Lipinski definition) is 6. The van der Waals surface area contributed by atoms with E-state index in [2.05, 4.69) is 27.7 Å². The van der Waals surface area contributed by atoms with Gasteiger partial charge in [0.2, 0.25) is 0 Å². The minimum Gasteiger partial charge on any atom is -0.462 e. The normalized spacial score (nSPS) is 12.4. The lowest BCUT2D eigenvalue weighted by Crippen LogP contribution is -2.30. The van der Waals surface area contributed by atoms with Crippen molar-refractivity contribution in [3.8, 4) is 0 Å². The molecule has 0 radical (unpaired) electrons. The number of rotatable bonds is 47. The SMILES string of the molecule is CCCCCCCCCCCCCCC(=O)OC[C@@H](COC(=O)CCCCCCCCCCCCCCCCC(C)CC)OC(=O)CCCCCCCCCCCC. The van der Waals surface area contributed by atoms with E-state index >= 15 is 0 Å². The number of unbranched alkanes of at least 4 members (excludes halogenated alkanes) is 33. The molecule has 0 aliphatic heterocycles. The highest BCUT2D eigenvalue weighted by Gasteiger charge is 2.19. The number of carbonyl (C=O) groups excluding carboxylic acids is 3. The summed E-state index contributed by atoms with van der Waals surface area (Å²) in [5, 5.41) is 0. The van der Waals surface area contributed by atoms with Crippen molar-refractivity contribution >= 4 is 17.9 Å². The molecule has 6 nitrogen and oxygen atoms in total. The van der Waals surface area contributed by atoms with Crippen molar-refractivity contribution in [1.29, 1.82) is 0 Å². The van der Waals surface area contributed by atoms with Gasteiger partial charge in [-0.25, -0.2) is 0 Å². The Hall–Kier alpha value is -1.59. The summed E-state index contributed by atoms with van der Waals surface area (Å²) < 4.78 is 16.8. The Morgan fingerprint density at radius 1 is 0.345 bits per heavy atom. The van der Waals surface area contributed by atoms with Crippen LogP contribution in [0.15, 0.2) is 0 Å². The first-order valence-electron chi connectivity index (χ1n) is 25.9. The van der Waals surface area contributed by atoms with E-state index in [9.17, 15) is 14.4 Å². The number of carbonyl (C=O) groups is 3. The molecule has 0 saturated carbocycles. The number of ether oxygens (including phenoxy) is 3. The van der Waals surface area contributed by atoms with Crippen molar-refractivity contribution < 1.29 is 28.6 Å². The molecule has 6 heteroatoms. The first kappa shape index (κ1) is 56.4. The molecule has 0 N–H and O–H groups in total. The van der Waals surface area contributed by atoms with Crippen LogP contribution in [0, 0.1) is 5.92 Å². The van der Waals surface area contributed by atoms with E-state index in [0.29, 0.717) is 19.3 Å². The Kier molecular flexibility index (Phi) is 45.2. The third-order valence-corrected chi connectivity index (χ3v) is 12.2. The monoisotopic (exact) mass is 821 g/mol. The molecule has 0 saturated heterocycles. The molecule has 0 aliphatic rings. The fourth-order valence-electron chi connectivity index (χ4n) is 7.83. The summed E-state index contributed by atoms with van der Waals surface area (Å²) >= 11 is 0. The molecule has 0 aromatic carbocycles. The number of esters is 3.